The van der Waals surface area contributed by atoms with Crippen molar-refractivity contribution >= 4 is 12.2 Å². The molecule has 1 aliphatic carbocycles. The number of hydrogen-bond acceptors (Lipinski definition) is 4. The Morgan fingerprint density at radius 1 is 1.26 bits per heavy atom. The van der Waals surface area contributed by atoms with Crippen molar-refractivity contribution in [1.82, 2.24) is 9.55 Å². The van der Waals surface area contributed by atoms with Crippen molar-refractivity contribution in [2.45, 2.75) is 38.3 Å². The molecular formula is C17H20N2O3S. The average molecular weight is 332 g/mol. The SMILES string of the molecule is COc1ccc(Cn2c(=O)cc[nH]c2=S)cc1OC1CCCC1. The Labute approximate surface area is 139 Å². The lowest BCUT2D eigenvalue weighted by atomic mass is 10.2. The minimum atomic E-state index is -0.122. The number of methoxy groups -OCH3 is 1. The highest BCUT2D eigenvalue weighted by molar-refractivity contribution is 7.71. The van der Waals surface area contributed by atoms with E-state index in [1.54, 1.807) is 13.3 Å². The van der Waals surface area contributed by atoms with Crippen LogP contribution in [0.2, 0.25) is 0 Å². The second-order valence-electron chi connectivity index (χ2n) is 5.72. The molecule has 1 N–H and O–H groups in total. The van der Waals surface area contributed by atoms with Crippen LogP contribution in [0.25, 0.3) is 0 Å². The van der Waals surface area contributed by atoms with E-state index in [1.165, 1.54) is 23.5 Å². The maximum absolute atomic E-state index is 12.0. The minimum Gasteiger partial charge on any atom is -0.493 e. The number of ether oxygens (including phenoxy) is 2. The molecule has 23 heavy (non-hydrogen) atoms. The zero-order chi connectivity index (χ0) is 16.2. The van der Waals surface area contributed by atoms with Crippen molar-refractivity contribution in [3.63, 3.8) is 0 Å². The van der Waals surface area contributed by atoms with Gasteiger partial charge in [0, 0.05) is 12.3 Å². The van der Waals surface area contributed by atoms with Crippen molar-refractivity contribution in [1.29, 1.82) is 0 Å². The first-order valence-electron chi connectivity index (χ1n) is 7.79. The molecule has 1 fully saturated rings. The summed E-state index contributed by atoms with van der Waals surface area (Å²) in [6.45, 7) is 0.403. The Morgan fingerprint density at radius 2 is 2.04 bits per heavy atom. The van der Waals surface area contributed by atoms with Crippen LogP contribution in [-0.4, -0.2) is 22.8 Å². The highest BCUT2D eigenvalue weighted by atomic mass is 32.1. The molecule has 1 saturated carbocycles. The molecule has 1 heterocycles. The molecule has 1 aromatic heterocycles. The van der Waals surface area contributed by atoms with Crippen molar-refractivity contribution < 1.29 is 9.47 Å². The average Bonchev–Trinajstić information content (AvgIpc) is 3.04. The maximum Gasteiger partial charge on any atom is 0.254 e. The van der Waals surface area contributed by atoms with Crippen LogP contribution in [0.4, 0.5) is 0 Å². The summed E-state index contributed by atoms with van der Waals surface area (Å²) in [4.78, 5) is 14.8. The molecule has 1 aliphatic rings. The van der Waals surface area contributed by atoms with E-state index >= 15 is 0 Å². The van der Waals surface area contributed by atoms with Gasteiger partial charge in [0.1, 0.15) is 0 Å². The summed E-state index contributed by atoms with van der Waals surface area (Å²) in [5, 5.41) is 0. The van der Waals surface area contributed by atoms with Crippen molar-refractivity contribution in [3.05, 3.63) is 51.2 Å². The quantitative estimate of drug-likeness (QED) is 0.854. The summed E-state index contributed by atoms with van der Waals surface area (Å²) in [5.41, 5.74) is 0.828. The number of rotatable bonds is 5. The topological polar surface area (TPSA) is 56.2 Å². The van der Waals surface area contributed by atoms with Gasteiger partial charge < -0.3 is 14.5 Å². The Hall–Kier alpha value is -2.08. The van der Waals surface area contributed by atoms with Gasteiger partial charge in [0.25, 0.3) is 5.56 Å². The summed E-state index contributed by atoms with van der Waals surface area (Å²) in [6.07, 6.45) is 6.39. The van der Waals surface area contributed by atoms with Crippen molar-refractivity contribution in [2.75, 3.05) is 7.11 Å². The molecule has 0 radical (unpaired) electrons. The van der Waals surface area contributed by atoms with E-state index in [2.05, 4.69) is 4.98 Å². The normalized spacial score (nSPS) is 14.8. The molecule has 0 amide bonds. The minimum absolute atomic E-state index is 0.122. The van der Waals surface area contributed by atoms with Crippen LogP contribution in [0, 0.1) is 4.77 Å². The van der Waals surface area contributed by atoms with Gasteiger partial charge in [0.05, 0.1) is 19.8 Å². The molecule has 0 aliphatic heterocycles. The standard InChI is InChI=1S/C17H20N2O3S/c1-21-14-7-6-12(10-15(14)22-13-4-2-3-5-13)11-19-16(20)8-9-18-17(19)23/h6-10,13H,2-5,11H2,1H3,(H,18,23). The number of aromatic nitrogens is 2. The molecule has 122 valence electrons. The summed E-state index contributed by atoms with van der Waals surface area (Å²) in [5.74, 6) is 1.45. The number of nitrogens with one attached hydrogen (secondary N) is 1. The molecule has 0 atom stereocenters. The zero-order valence-corrected chi connectivity index (χ0v) is 13.9. The lowest BCUT2D eigenvalue weighted by Gasteiger charge is -2.17. The van der Waals surface area contributed by atoms with Crippen LogP contribution in [0.15, 0.2) is 35.3 Å². The Bertz CT molecular complexity index is 763. The van der Waals surface area contributed by atoms with Crippen LogP contribution < -0.4 is 15.0 Å². The van der Waals surface area contributed by atoms with Gasteiger partial charge >= 0.3 is 0 Å². The van der Waals surface area contributed by atoms with Crippen LogP contribution >= 0.6 is 12.2 Å². The first-order valence-corrected chi connectivity index (χ1v) is 8.20. The van der Waals surface area contributed by atoms with Gasteiger partial charge in [0.2, 0.25) is 0 Å². The number of aromatic amines is 1. The fourth-order valence-electron chi connectivity index (χ4n) is 2.88. The van der Waals surface area contributed by atoms with E-state index in [0.717, 1.165) is 24.2 Å². The van der Waals surface area contributed by atoms with Crippen LogP contribution in [-0.2, 0) is 6.54 Å². The number of hydrogen-bond donors (Lipinski definition) is 1. The van der Waals surface area contributed by atoms with E-state index in [0.29, 0.717) is 17.1 Å². The van der Waals surface area contributed by atoms with Gasteiger partial charge in [-0.3, -0.25) is 9.36 Å². The first kappa shape index (κ1) is 15.8. The molecule has 0 saturated heterocycles. The summed E-state index contributed by atoms with van der Waals surface area (Å²) in [7, 11) is 1.63. The molecule has 6 heteroatoms. The monoisotopic (exact) mass is 332 g/mol. The Balaban J connectivity index is 1.88. The Kier molecular flexibility index (Phi) is 4.81. The van der Waals surface area contributed by atoms with Gasteiger partial charge in [-0.2, -0.15) is 0 Å². The lowest BCUT2D eigenvalue weighted by Crippen LogP contribution is -2.21. The second-order valence-corrected chi connectivity index (χ2v) is 6.10. The fourth-order valence-corrected chi connectivity index (χ4v) is 3.10. The van der Waals surface area contributed by atoms with E-state index in [4.69, 9.17) is 21.7 Å². The predicted octanol–water partition coefficient (Wildman–Crippen LogP) is 3.28. The third-order valence-corrected chi connectivity index (χ3v) is 4.45. The van der Waals surface area contributed by atoms with Gasteiger partial charge in [-0.15, -0.1) is 0 Å². The summed E-state index contributed by atoms with van der Waals surface area (Å²) < 4.78 is 13.4. The molecule has 3 rings (SSSR count). The lowest BCUT2D eigenvalue weighted by molar-refractivity contribution is 0.200. The van der Waals surface area contributed by atoms with E-state index in [9.17, 15) is 4.79 Å². The number of nitrogens with zero attached hydrogens (tertiary/aromatic N) is 1. The van der Waals surface area contributed by atoms with Crippen LogP contribution in [0.5, 0.6) is 11.5 Å². The van der Waals surface area contributed by atoms with E-state index in [-0.39, 0.29) is 11.7 Å². The molecule has 0 unspecified atom stereocenters. The highest BCUT2D eigenvalue weighted by Gasteiger charge is 2.18. The fraction of sp³-hybridized carbons (Fsp3) is 0.412. The van der Waals surface area contributed by atoms with E-state index < -0.39 is 0 Å². The van der Waals surface area contributed by atoms with Gasteiger partial charge in [-0.05, 0) is 55.6 Å². The molecule has 1 aromatic carbocycles. The summed E-state index contributed by atoms with van der Waals surface area (Å²) in [6, 6.07) is 7.20. The van der Waals surface area contributed by atoms with Gasteiger partial charge in [-0.1, -0.05) is 6.07 Å². The second kappa shape index (κ2) is 7.00. The molecular weight excluding hydrogens is 312 g/mol. The van der Waals surface area contributed by atoms with Crippen molar-refractivity contribution in [3.8, 4) is 11.5 Å². The highest BCUT2D eigenvalue weighted by Crippen LogP contribution is 2.32. The van der Waals surface area contributed by atoms with Gasteiger partial charge in [0.15, 0.2) is 16.3 Å². The molecule has 2 aromatic rings. The predicted molar refractivity (Wildman–Crippen MR) is 90.9 cm³/mol. The van der Waals surface area contributed by atoms with Crippen LogP contribution in [0.3, 0.4) is 0 Å². The number of benzene rings is 1. The third-order valence-electron chi connectivity index (χ3n) is 4.11. The molecule has 5 nitrogen and oxygen atoms in total. The third kappa shape index (κ3) is 3.64. The van der Waals surface area contributed by atoms with Crippen LogP contribution in [0.1, 0.15) is 31.2 Å². The summed E-state index contributed by atoms with van der Waals surface area (Å²) >= 11 is 5.19. The van der Waals surface area contributed by atoms with E-state index in [1.807, 2.05) is 18.2 Å². The number of H-pyrrole nitrogens is 1. The Morgan fingerprint density at radius 3 is 2.74 bits per heavy atom. The van der Waals surface area contributed by atoms with Crippen molar-refractivity contribution in [2.24, 2.45) is 0 Å². The van der Waals surface area contributed by atoms with Gasteiger partial charge in [-0.25, -0.2) is 0 Å². The molecule has 0 spiro atoms. The molecule has 0 bridgehead atoms. The zero-order valence-electron chi connectivity index (χ0n) is 13.1. The first-order chi connectivity index (χ1) is 11.2. The maximum atomic E-state index is 12.0. The largest absolute Gasteiger partial charge is 0.493 e. The smallest absolute Gasteiger partial charge is 0.254 e.